The molecule has 34 heavy (non-hydrogen) atoms. The Morgan fingerprint density at radius 1 is 1.09 bits per heavy atom. The van der Waals surface area contributed by atoms with Gasteiger partial charge in [0.25, 0.3) is 11.1 Å². The van der Waals surface area contributed by atoms with Crippen molar-refractivity contribution in [3.63, 3.8) is 0 Å². The first-order chi connectivity index (χ1) is 16.3. The van der Waals surface area contributed by atoms with Gasteiger partial charge in [0.05, 0.1) is 12.0 Å². The number of aromatic nitrogens is 1. The lowest BCUT2D eigenvalue weighted by atomic mass is 10.2. The number of nitrogens with one attached hydrogen (secondary N) is 1. The van der Waals surface area contributed by atoms with Gasteiger partial charge >= 0.3 is 0 Å². The summed E-state index contributed by atoms with van der Waals surface area (Å²) in [7, 11) is 1.56. The maximum Gasteiger partial charge on any atom is 0.294 e. The predicted molar refractivity (Wildman–Crippen MR) is 142 cm³/mol. The molecule has 174 valence electrons. The second kappa shape index (κ2) is 10.1. The van der Waals surface area contributed by atoms with Crippen molar-refractivity contribution in [2.75, 3.05) is 19.0 Å². The minimum atomic E-state index is -0.473. The maximum atomic E-state index is 12.9. The van der Waals surface area contributed by atoms with Gasteiger partial charge in [-0.2, -0.15) is 0 Å². The van der Waals surface area contributed by atoms with E-state index in [1.807, 2.05) is 44.2 Å². The zero-order valence-electron chi connectivity index (χ0n) is 18.8. The molecule has 3 aromatic rings. The third kappa shape index (κ3) is 5.05. The zero-order chi connectivity index (χ0) is 24.4. The fourth-order valence-corrected chi connectivity index (χ4v) is 4.91. The number of carbonyl (C=O) groups is 3. The second-order valence-electron chi connectivity index (χ2n) is 7.68. The number of thioether (sulfide) groups is 1. The zero-order valence-corrected chi connectivity index (χ0v) is 21.8. The van der Waals surface area contributed by atoms with Crippen molar-refractivity contribution in [3.8, 4) is 11.4 Å². The third-order valence-corrected chi connectivity index (χ3v) is 7.02. The van der Waals surface area contributed by atoms with Crippen LogP contribution in [0.5, 0.6) is 5.75 Å². The lowest BCUT2D eigenvalue weighted by molar-refractivity contribution is -0.127. The van der Waals surface area contributed by atoms with Crippen LogP contribution in [0.15, 0.2) is 59.5 Å². The summed E-state index contributed by atoms with van der Waals surface area (Å²) in [5.74, 6) is -0.264. The first-order valence-corrected chi connectivity index (χ1v) is 12.3. The Hall–Kier alpha value is -3.05. The number of hydrogen-bond acceptors (Lipinski definition) is 5. The molecule has 0 atom stereocenters. The molecule has 2 heterocycles. The number of amides is 3. The van der Waals surface area contributed by atoms with E-state index >= 15 is 0 Å². The normalized spacial score (nSPS) is 14.7. The number of rotatable bonds is 6. The monoisotopic (exact) mass is 587 g/mol. The van der Waals surface area contributed by atoms with Crippen LogP contribution in [0.4, 0.5) is 10.5 Å². The molecule has 0 saturated carbocycles. The standard InChI is InChI=1S/C25H22IN3O4S/c1-15-12-17(16(2)29(15)20-8-4-18(26)5-9-20)13-22-24(31)28(25(32)34-22)14-23(30)27-19-6-10-21(33-3)11-7-19/h4-13H,14H2,1-3H3,(H,27,30)/b22-13-. The van der Waals surface area contributed by atoms with Crippen LogP contribution < -0.4 is 10.1 Å². The Bertz CT molecular complexity index is 1300. The van der Waals surface area contributed by atoms with E-state index in [0.717, 1.165) is 42.9 Å². The molecule has 3 amide bonds. The van der Waals surface area contributed by atoms with E-state index in [-0.39, 0.29) is 6.54 Å². The van der Waals surface area contributed by atoms with Gasteiger partial charge < -0.3 is 14.6 Å². The van der Waals surface area contributed by atoms with Crippen molar-refractivity contribution in [1.29, 1.82) is 0 Å². The Labute approximate surface area is 215 Å². The van der Waals surface area contributed by atoms with E-state index in [1.165, 1.54) is 0 Å². The van der Waals surface area contributed by atoms with Gasteiger partial charge in [-0.15, -0.1) is 0 Å². The summed E-state index contributed by atoms with van der Waals surface area (Å²) in [5, 5.41) is 2.23. The quantitative estimate of drug-likeness (QED) is 0.310. The van der Waals surface area contributed by atoms with Gasteiger partial charge in [-0.25, -0.2) is 0 Å². The van der Waals surface area contributed by atoms with Gasteiger partial charge in [0.15, 0.2) is 0 Å². The van der Waals surface area contributed by atoms with Gasteiger partial charge in [0, 0.05) is 26.3 Å². The summed E-state index contributed by atoms with van der Waals surface area (Å²) in [6.45, 7) is 3.62. The molecule has 0 spiro atoms. The highest BCUT2D eigenvalue weighted by molar-refractivity contribution is 14.1. The number of anilines is 1. The van der Waals surface area contributed by atoms with Crippen LogP contribution in [0.2, 0.25) is 0 Å². The average Bonchev–Trinajstić information content (AvgIpc) is 3.24. The predicted octanol–water partition coefficient (Wildman–Crippen LogP) is 5.38. The highest BCUT2D eigenvalue weighted by Gasteiger charge is 2.36. The molecule has 0 bridgehead atoms. The van der Waals surface area contributed by atoms with Crippen LogP contribution in [-0.4, -0.2) is 40.2 Å². The van der Waals surface area contributed by atoms with E-state index in [0.29, 0.717) is 16.3 Å². The Morgan fingerprint density at radius 3 is 2.41 bits per heavy atom. The van der Waals surface area contributed by atoms with Crippen molar-refractivity contribution < 1.29 is 19.1 Å². The SMILES string of the molecule is COc1ccc(NC(=O)CN2C(=O)S/C(=C\c3cc(C)n(-c4ccc(I)cc4)c3C)C2=O)cc1. The number of imide groups is 1. The second-order valence-corrected chi connectivity index (χ2v) is 9.92. The Balaban J connectivity index is 1.50. The van der Waals surface area contributed by atoms with E-state index in [4.69, 9.17) is 4.74 Å². The average molecular weight is 587 g/mol. The number of halogens is 1. The molecule has 1 fully saturated rings. The summed E-state index contributed by atoms with van der Waals surface area (Å²) in [6, 6.07) is 16.9. The van der Waals surface area contributed by atoms with E-state index in [9.17, 15) is 14.4 Å². The topological polar surface area (TPSA) is 80.6 Å². The van der Waals surface area contributed by atoms with Crippen molar-refractivity contribution in [2.24, 2.45) is 0 Å². The van der Waals surface area contributed by atoms with Gasteiger partial charge in [-0.3, -0.25) is 19.3 Å². The molecule has 9 heteroatoms. The summed E-state index contributed by atoms with van der Waals surface area (Å²) in [4.78, 5) is 39.1. The minimum Gasteiger partial charge on any atom is -0.497 e. The van der Waals surface area contributed by atoms with Gasteiger partial charge in [-0.1, -0.05) is 0 Å². The van der Waals surface area contributed by atoms with Crippen molar-refractivity contribution in [3.05, 3.63) is 80.0 Å². The summed E-state index contributed by atoms with van der Waals surface area (Å²) in [5.41, 5.74) is 4.41. The largest absolute Gasteiger partial charge is 0.497 e. The van der Waals surface area contributed by atoms with Gasteiger partial charge in [0.1, 0.15) is 12.3 Å². The number of aryl methyl sites for hydroxylation is 1. The van der Waals surface area contributed by atoms with E-state index in [2.05, 4.69) is 32.5 Å². The first kappa shape index (κ1) is 24.1. The maximum absolute atomic E-state index is 12.9. The lowest BCUT2D eigenvalue weighted by Crippen LogP contribution is -2.36. The molecule has 0 aliphatic carbocycles. The highest BCUT2D eigenvalue weighted by Crippen LogP contribution is 2.33. The highest BCUT2D eigenvalue weighted by atomic mass is 127. The van der Waals surface area contributed by atoms with Gasteiger partial charge in [-0.05, 0) is 114 Å². The van der Waals surface area contributed by atoms with Crippen LogP contribution in [0.25, 0.3) is 11.8 Å². The summed E-state index contributed by atoms with van der Waals surface area (Å²) >= 11 is 3.11. The first-order valence-electron chi connectivity index (χ1n) is 10.4. The van der Waals surface area contributed by atoms with Crippen LogP contribution in [-0.2, 0) is 9.59 Å². The molecule has 1 aromatic heterocycles. The van der Waals surface area contributed by atoms with Crippen LogP contribution >= 0.6 is 34.4 Å². The molecule has 0 radical (unpaired) electrons. The molecule has 1 aliphatic heterocycles. The number of ether oxygens (including phenoxy) is 1. The van der Waals surface area contributed by atoms with Gasteiger partial charge in [0.2, 0.25) is 5.91 Å². The molecule has 0 unspecified atom stereocenters. The number of benzene rings is 2. The minimum absolute atomic E-state index is 0.296. The molecule has 2 aromatic carbocycles. The third-order valence-electron chi connectivity index (χ3n) is 5.39. The van der Waals surface area contributed by atoms with Crippen LogP contribution in [0.3, 0.4) is 0 Å². The number of nitrogens with zero attached hydrogens (tertiary/aromatic N) is 2. The molecule has 1 aliphatic rings. The Kier molecular flexibility index (Phi) is 7.13. The van der Waals surface area contributed by atoms with Crippen LogP contribution in [0, 0.1) is 17.4 Å². The van der Waals surface area contributed by atoms with Crippen molar-refractivity contribution in [1.82, 2.24) is 9.47 Å². The summed E-state index contributed by atoms with van der Waals surface area (Å²) in [6.07, 6.45) is 1.72. The van der Waals surface area contributed by atoms with E-state index < -0.39 is 17.1 Å². The molecule has 4 rings (SSSR count). The molecular weight excluding hydrogens is 565 g/mol. The number of carbonyl (C=O) groups excluding carboxylic acids is 3. The fourth-order valence-electron chi connectivity index (χ4n) is 3.72. The summed E-state index contributed by atoms with van der Waals surface area (Å²) < 4.78 is 8.35. The fraction of sp³-hybridized carbons (Fsp3) is 0.160. The number of hydrogen-bond donors (Lipinski definition) is 1. The van der Waals surface area contributed by atoms with Crippen molar-refractivity contribution >= 4 is 63.2 Å². The van der Waals surface area contributed by atoms with E-state index in [1.54, 1.807) is 37.5 Å². The molecule has 1 N–H and O–H groups in total. The smallest absolute Gasteiger partial charge is 0.294 e. The molecular formula is C25H22IN3O4S. The molecule has 1 saturated heterocycles. The lowest BCUT2D eigenvalue weighted by Gasteiger charge is -2.12. The number of methoxy groups -OCH3 is 1. The van der Waals surface area contributed by atoms with Crippen LogP contribution in [0.1, 0.15) is 17.0 Å². The van der Waals surface area contributed by atoms with Crippen molar-refractivity contribution in [2.45, 2.75) is 13.8 Å². The Morgan fingerprint density at radius 2 is 1.76 bits per heavy atom. The molecule has 7 nitrogen and oxygen atoms in total.